The van der Waals surface area contributed by atoms with Gasteiger partial charge < -0.3 is 19.5 Å². The van der Waals surface area contributed by atoms with Crippen molar-refractivity contribution < 1.29 is 19.0 Å². The normalized spacial score (nSPS) is 12.4. The highest BCUT2D eigenvalue weighted by Crippen LogP contribution is 1.93. The van der Waals surface area contributed by atoms with Gasteiger partial charge >= 0.3 is 0 Å². The summed E-state index contributed by atoms with van der Waals surface area (Å²) in [5.41, 5.74) is 0. The average molecular weight is 233 g/mol. The van der Waals surface area contributed by atoms with Crippen molar-refractivity contribution in [3.63, 3.8) is 0 Å². The Balaban J connectivity index is 3.48. The number of carbonyl (C=O) groups is 1. The number of hydrogen-bond donors (Lipinski definition) is 1. The molecule has 5 nitrogen and oxygen atoms in total. The SMILES string of the molecule is CCC(COC)NC(=O)CCOCCOC. The van der Waals surface area contributed by atoms with Gasteiger partial charge in [0, 0.05) is 20.6 Å². The number of methoxy groups -OCH3 is 2. The first-order valence-corrected chi connectivity index (χ1v) is 5.59. The van der Waals surface area contributed by atoms with Crippen molar-refractivity contribution in [2.75, 3.05) is 40.6 Å². The average Bonchev–Trinajstić information content (AvgIpc) is 2.28. The molecule has 96 valence electrons. The summed E-state index contributed by atoms with van der Waals surface area (Å²) in [5.74, 6) is 0.00122. The third-order valence-corrected chi connectivity index (χ3v) is 2.13. The topological polar surface area (TPSA) is 56.8 Å². The highest BCUT2D eigenvalue weighted by Gasteiger charge is 2.09. The summed E-state index contributed by atoms with van der Waals surface area (Å²) in [7, 11) is 3.25. The van der Waals surface area contributed by atoms with Crippen molar-refractivity contribution in [3.05, 3.63) is 0 Å². The summed E-state index contributed by atoms with van der Waals surface area (Å²) >= 11 is 0. The molecule has 0 heterocycles. The predicted molar refractivity (Wildman–Crippen MR) is 61.4 cm³/mol. The van der Waals surface area contributed by atoms with E-state index in [1.54, 1.807) is 14.2 Å². The molecule has 1 unspecified atom stereocenters. The van der Waals surface area contributed by atoms with Gasteiger partial charge in [-0.25, -0.2) is 0 Å². The number of nitrogens with one attached hydrogen (secondary N) is 1. The van der Waals surface area contributed by atoms with Crippen LogP contribution < -0.4 is 5.32 Å². The van der Waals surface area contributed by atoms with Gasteiger partial charge in [0.1, 0.15) is 0 Å². The molecule has 0 bridgehead atoms. The zero-order chi connectivity index (χ0) is 12.2. The third-order valence-electron chi connectivity index (χ3n) is 2.13. The zero-order valence-electron chi connectivity index (χ0n) is 10.5. The molecule has 1 atom stereocenters. The molecular weight excluding hydrogens is 210 g/mol. The van der Waals surface area contributed by atoms with E-state index in [1.807, 2.05) is 6.92 Å². The molecule has 0 aromatic heterocycles. The molecule has 0 aliphatic rings. The summed E-state index contributed by atoms with van der Waals surface area (Å²) in [4.78, 5) is 11.4. The summed E-state index contributed by atoms with van der Waals surface area (Å²) in [6.07, 6.45) is 1.24. The van der Waals surface area contributed by atoms with E-state index in [4.69, 9.17) is 14.2 Å². The zero-order valence-corrected chi connectivity index (χ0v) is 10.5. The Morgan fingerprint density at radius 3 is 2.50 bits per heavy atom. The highest BCUT2D eigenvalue weighted by atomic mass is 16.5. The van der Waals surface area contributed by atoms with E-state index in [2.05, 4.69) is 5.32 Å². The third kappa shape index (κ3) is 8.64. The van der Waals surface area contributed by atoms with E-state index in [0.717, 1.165) is 6.42 Å². The van der Waals surface area contributed by atoms with E-state index >= 15 is 0 Å². The fourth-order valence-electron chi connectivity index (χ4n) is 1.17. The molecule has 1 N–H and O–H groups in total. The van der Waals surface area contributed by atoms with Crippen LogP contribution in [0.5, 0.6) is 0 Å². The fraction of sp³-hybridized carbons (Fsp3) is 0.909. The molecule has 5 heteroatoms. The molecule has 1 amide bonds. The van der Waals surface area contributed by atoms with E-state index in [1.165, 1.54) is 0 Å². The van der Waals surface area contributed by atoms with Crippen molar-refractivity contribution in [2.24, 2.45) is 0 Å². The van der Waals surface area contributed by atoms with Crippen LogP contribution in [0.1, 0.15) is 19.8 Å². The van der Waals surface area contributed by atoms with Crippen molar-refractivity contribution in [1.29, 1.82) is 0 Å². The molecule has 16 heavy (non-hydrogen) atoms. The van der Waals surface area contributed by atoms with Crippen LogP contribution in [-0.2, 0) is 19.0 Å². The molecule has 0 spiro atoms. The number of ether oxygens (including phenoxy) is 3. The highest BCUT2D eigenvalue weighted by molar-refractivity contribution is 5.76. The van der Waals surface area contributed by atoms with Gasteiger partial charge in [-0.2, -0.15) is 0 Å². The van der Waals surface area contributed by atoms with Crippen molar-refractivity contribution in [3.8, 4) is 0 Å². The van der Waals surface area contributed by atoms with Crippen LogP contribution in [0.25, 0.3) is 0 Å². The maximum Gasteiger partial charge on any atom is 0.222 e. The summed E-state index contributed by atoms with van der Waals surface area (Å²) in [5, 5.41) is 2.88. The minimum atomic E-state index is 0.00122. The minimum absolute atomic E-state index is 0.00122. The molecule has 0 aliphatic heterocycles. The lowest BCUT2D eigenvalue weighted by molar-refractivity contribution is -0.123. The van der Waals surface area contributed by atoms with Crippen LogP contribution in [0.4, 0.5) is 0 Å². The second kappa shape index (κ2) is 10.9. The Hall–Kier alpha value is -0.650. The van der Waals surface area contributed by atoms with Crippen molar-refractivity contribution in [2.45, 2.75) is 25.8 Å². The van der Waals surface area contributed by atoms with Crippen LogP contribution >= 0.6 is 0 Å². The molecule has 0 saturated heterocycles. The molecule has 0 fully saturated rings. The number of rotatable bonds is 10. The molecule has 0 aromatic carbocycles. The van der Waals surface area contributed by atoms with Gasteiger partial charge in [0.05, 0.1) is 32.5 Å². The maximum atomic E-state index is 11.4. The van der Waals surface area contributed by atoms with Crippen LogP contribution in [0.3, 0.4) is 0 Å². The van der Waals surface area contributed by atoms with Crippen LogP contribution in [-0.4, -0.2) is 52.6 Å². The molecule has 0 aliphatic carbocycles. The molecule has 0 saturated carbocycles. The van der Waals surface area contributed by atoms with Gasteiger partial charge in [-0.3, -0.25) is 4.79 Å². The maximum absolute atomic E-state index is 11.4. The molecule has 0 aromatic rings. The number of amides is 1. The van der Waals surface area contributed by atoms with E-state index in [-0.39, 0.29) is 11.9 Å². The summed E-state index contributed by atoms with van der Waals surface area (Å²) < 4.78 is 15.0. The van der Waals surface area contributed by atoms with Gasteiger partial charge in [0.15, 0.2) is 0 Å². The van der Waals surface area contributed by atoms with Gasteiger partial charge in [0.2, 0.25) is 5.91 Å². The quantitative estimate of drug-likeness (QED) is 0.561. The first-order chi connectivity index (χ1) is 7.74. The summed E-state index contributed by atoms with van der Waals surface area (Å²) in [6.45, 7) is 4.08. The fourth-order valence-corrected chi connectivity index (χ4v) is 1.17. The molecular formula is C11H23NO4. The number of hydrogen-bond acceptors (Lipinski definition) is 4. The van der Waals surface area contributed by atoms with Gasteiger partial charge in [-0.15, -0.1) is 0 Å². The second-order valence-electron chi connectivity index (χ2n) is 3.48. The Kier molecular flexibility index (Phi) is 10.4. The summed E-state index contributed by atoms with van der Waals surface area (Å²) in [6, 6.07) is 0.0940. The van der Waals surface area contributed by atoms with Gasteiger partial charge in [0.25, 0.3) is 0 Å². The Bertz CT molecular complexity index is 175. The molecule has 0 radical (unpaired) electrons. The lowest BCUT2D eigenvalue weighted by atomic mass is 10.2. The molecule has 0 rings (SSSR count). The second-order valence-corrected chi connectivity index (χ2v) is 3.48. The van der Waals surface area contributed by atoms with E-state index in [0.29, 0.717) is 32.8 Å². The Morgan fingerprint density at radius 1 is 1.19 bits per heavy atom. The smallest absolute Gasteiger partial charge is 0.222 e. The van der Waals surface area contributed by atoms with Crippen molar-refractivity contribution in [1.82, 2.24) is 5.32 Å². The Labute approximate surface area is 97.4 Å². The van der Waals surface area contributed by atoms with Gasteiger partial charge in [-0.05, 0) is 6.42 Å². The van der Waals surface area contributed by atoms with Crippen molar-refractivity contribution >= 4 is 5.91 Å². The predicted octanol–water partition coefficient (Wildman–Crippen LogP) is 0.581. The largest absolute Gasteiger partial charge is 0.383 e. The van der Waals surface area contributed by atoms with Crippen LogP contribution in [0.2, 0.25) is 0 Å². The lowest BCUT2D eigenvalue weighted by Crippen LogP contribution is -2.37. The van der Waals surface area contributed by atoms with Gasteiger partial charge in [-0.1, -0.05) is 6.92 Å². The lowest BCUT2D eigenvalue weighted by Gasteiger charge is -2.15. The monoisotopic (exact) mass is 233 g/mol. The Morgan fingerprint density at radius 2 is 1.94 bits per heavy atom. The minimum Gasteiger partial charge on any atom is -0.383 e. The first-order valence-electron chi connectivity index (χ1n) is 5.59. The number of carbonyl (C=O) groups excluding carboxylic acids is 1. The van der Waals surface area contributed by atoms with Crippen LogP contribution in [0, 0.1) is 0 Å². The van der Waals surface area contributed by atoms with E-state index in [9.17, 15) is 4.79 Å². The standard InChI is InChI=1S/C11H23NO4/c1-4-10(9-15-3)12-11(13)5-6-16-8-7-14-2/h10H,4-9H2,1-3H3,(H,12,13). The first kappa shape index (κ1) is 15.3. The van der Waals surface area contributed by atoms with E-state index < -0.39 is 0 Å². The van der Waals surface area contributed by atoms with Crippen LogP contribution in [0.15, 0.2) is 0 Å².